The second-order valence-corrected chi connectivity index (χ2v) is 6.49. The number of pyridine rings is 1. The molecule has 0 unspecified atom stereocenters. The van der Waals surface area contributed by atoms with E-state index in [-0.39, 0.29) is 24.5 Å². The van der Waals surface area contributed by atoms with Crippen molar-refractivity contribution in [3.63, 3.8) is 0 Å². The van der Waals surface area contributed by atoms with Crippen molar-refractivity contribution in [3.8, 4) is 0 Å². The molecule has 32 heavy (non-hydrogen) atoms. The lowest BCUT2D eigenvalue weighted by Gasteiger charge is -2.11. The number of nitrogens with zero attached hydrogens (tertiary/aromatic N) is 1. The number of carbonyl (C=O) groups excluding carboxylic acids is 2. The van der Waals surface area contributed by atoms with Crippen molar-refractivity contribution >= 4 is 30.0 Å². The van der Waals surface area contributed by atoms with E-state index >= 15 is 0 Å². The quantitative estimate of drug-likeness (QED) is 0.233. The molecule has 0 spiro atoms. The van der Waals surface area contributed by atoms with E-state index in [0.717, 1.165) is 10.9 Å². The molecule has 0 bridgehead atoms. The maximum Gasteiger partial charge on any atom is 0.673 e. The Kier molecular flexibility index (Phi) is 8.75. The topological polar surface area (TPSA) is 56.5 Å². The predicted octanol–water partition coefficient (Wildman–Crippen LogP) is 4.83. The van der Waals surface area contributed by atoms with Crippen molar-refractivity contribution in [2.45, 2.75) is 20.4 Å². The molecule has 2 aromatic carbocycles. The Bertz CT molecular complexity index is 1070. The third-order valence-electron chi connectivity index (χ3n) is 4.19. The van der Waals surface area contributed by atoms with Crippen LogP contribution in [-0.4, -0.2) is 32.4 Å². The fourth-order valence-electron chi connectivity index (χ4n) is 3.07. The molecule has 170 valence electrons. The molecule has 0 aliphatic carbocycles. The molecule has 0 fully saturated rings. The van der Waals surface area contributed by atoms with Gasteiger partial charge in [0, 0.05) is 16.3 Å². The summed E-state index contributed by atoms with van der Waals surface area (Å²) in [6.07, 6.45) is 1.87. The van der Waals surface area contributed by atoms with Gasteiger partial charge in [-0.3, -0.25) is 0 Å². The molecule has 0 N–H and O–H groups in total. The molecule has 5 nitrogen and oxygen atoms in total. The summed E-state index contributed by atoms with van der Waals surface area (Å²) in [7, 11) is -6.00. The van der Waals surface area contributed by atoms with Gasteiger partial charge in [0.1, 0.15) is 5.56 Å². The standard InChI is InChI=1S/C22H22NO4.BF4/c1-3-26-21(24)19-18-13-9-8-12-17(18)15-23(20(19)22(25)27-4-2)14-16-10-6-5-7-11-16;2-1(3,4)5/h5-13,15H,3-4,14H2,1-2H3;/q+1;-1. The average molecular weight is 451 g/mol. The fraction of sp³-hybridized carbons (Fsp3) is 0.227. The van der Waals surface area contributed by atoms with Crippen LogP contribution in [0, 0.1) is 0 Å². The van der Waals surface area contributed by atoms with Crippen molar-refractivity contribution in [1.29, 1.82) is 0 Å². The molecular weight excluding hydrogens is 429 g/mol. The number of hydrogen-bond donors (Lipinski definition) is 0. The molecule has 0 saturated heterocycles. The molecule has 0 aliphatic heterocycles. The summed E-state index contributed by atoms with van der Waals surface area (Å²) in [6, 6.07) is 17.2. The van der Waals surface area contributed by atoms with Crippen LogP contribution in [0.15, 0.2) is 60.8 Å². The average Bonchev–Trinajstić information content (AvgIpc) is 2.72. The van der Waals surface area contributed by atoms with Crippen LogP contribution in [-0.2, 0) is 16.0 Å². The molecular formula is C22H22BF4NO4. The van der Waals surface area contributed by atoms with Crippen LogP contribution in [0.25, 0.3) is 10.8 Å². The highest BCUT2D eigenvalue weighted by Crippen LogP contribution is 2.22. The van der Waals surface area contributed by atoms with Crippen LogP contribution >= 0.6 is 0 Å². The SMILES string of the molecule is CCOC(=O)c1c(C(=O)OCC)[n+](Cc2ccccc2)cc2ccccc12.F[B-](F)(F)F. The van der Waals surface area contributed by atoms with E-state index in [1.807, 2.05) is 60.8 Å². The van der Waals surface area contributed by atoms with Crippen molar-refractivity contribution < 1.29 is 40.9 Å². The zero-order valence-corrected chi connectivity index (χ0v) is 17.6. The first-order chi connectivity index (χ1) is 15.2. The Balaban J connectivity index is 0.000000654. The zero-order chi connectivity index (χ0) is 23.7. The highest BCUT2D eigenvalue weighted by molar-refractivity contribution is 6.50. The van der Waals surface area contributed by atoms with Crippen molar-refractivity contribution in [2.75, 3.05) is 13.2 Å². The molecule has 0 saturated carbocycles. The third-order valence-corrected chi connectivity index (χ3v) is 4.19. The lowest BCUT2D eigenvalue weighted by atomic mass is 10.0. The number of halogens is 4. The molecule has 0 atom stereocenters. The van der Waals surface area contributed by atoms with Gasteiger partial charge in [0.05, 0.1) is 13.2 Å². The molecule has 0 aliphatic rings. The fourth-order valence-corrected chi connectivity index (χ4v) is 3.07. The van der Waals surface area contributed by atoms with E-state index in [1.165, 1.54) is 0 Å². The summed E-state index contributed by atoms with van der Waals surface area (Å²) in [4.78, 5) is 25.5. The molecule has 10 heteroatoms. The first kappa shape index (κ1) is 24.8. The van der Waals surface area contributed by atoms with Crippen molar-refractivity contribution in [2.24, 2.45) is 0 Å². The highest BCUT2D eigenvalue weighted by atomic mass is 19.5. The molecule has 0 radical (unpaired) electrons. The van der Waals surface area contributed by atoms with Gasteiger partial charge in [-0.2, -0.15) is 4.57 Å². The van der Waals surface area contributed by atoms with Crippen molar-refractivity contribution in [1.82, 2.24) is 0 Å². The Morgan fingerprint density at radius 3 is 1.97 bits per heavy atom. The molecule has 3 rings (SSSR count). The van der Waals surface area contributed by atoms with Crippen LogP contribution in [0.1, 0.15) is 40.3 Å². The summed E-state index contributed by atoms with van der Waals surface area (Å²) < 4.78 is 51.3. The van der Waals surface area contributed by atoms with E-state index in [2.05, 4.69) is 0 Å². The number of esters is 2. The minimum absolute atomic E-state index is 0.206. The van der Waals surface area contributed by atoms with Crippen LogP contribution in [0.2, 0.25) is 0 Å². The normalized spacial score (nSPS) is 10.8. The number of ether oxygens (including phenoxy) is 2. The molecule has 0 amide bonds. The number of fused-ring (bicyclic) bond motifs is 1. The highest BCUT2D eigenvalue weighted by Gasteiger charge is 2.33. The van der Waals surface area contributed by atoms with Crippen molar-refractivity contribution in [3.05, 3.63) is 77.6 Å². The predicted molar refractivity (Wildman–Crippen MR) is 112 cm³/mol. The summed E-state index contributed by atoms with van der Waals surface area (Å²) in [6.45, 7) is 4.37. The number of benzene rings is 2. The van der Waals surface area contributed by atoms with Gasteiger partial charge >= 0.3 is 24.9 Å². The lowest BCUT2D eigenvalue weighted by molar-refractivity contribution is -0.689. The van der Waals surface area contributed by atoms with Gasteiger partial charge in [0.2, 0.25) is 0 Å². The van der Waals surface area contributed by atoms with Crippen LogP contribution < -0.4 is 4.57 Å². The number of hydrogen-bond acceptors (Lipinski definition) is 4. The Morgan fingerprint density at radius 2 is 1.38 bits per heavy atom. The summed E-state index contributed by atoms with van der Waals surface area (Å²) >= 11 is 0. The van der Waals surface area contributed by atoms with E-state index in [4.69, 9.17) is 9.47 Å². The minimum Gasteiger partial charge on any atom is -0.462 e. The number of aromatic nitrogens is 1. The van der Waals surface area contributed by atoms with Gasteiger partial charge < -0.3 is 26.7 Å². The third kappa shape index (κ3) is 7.07. The summed E-state index contributed by atoms with van der Waals surface area (Å²) in [5.41, 5.74) is 1.46. The van der Waals surface area contributed by atoms with Gasteiger partial charge in [0.25, 0.3) is 0 Å². The summed E-state index contributed by atoms with van der Waals surface area (Å²) in [5, 5.41) is 1.52. The van der Waals surface area contributed by atoms with E-state index in [1.54, 1.807) is 18.4 Å². The van der Waals surface area contributed by atoms with E-state index < -0.39 is 19.2 Å². The molecule has 1 heterocycles. The Labute approximate surface area is 182 Å². The first-order valence-corrected chi connectivity index (χ1v) is 9.86. The van der Waals surface area contributed by atoms with Crippen LogP contribution in [0.5, 0.6) is 0 Å². The van der Waals surface area contributed by atoms with Crippen LogP contribution in [0.3, 0.4) is 0 Å². The van der Waals surface area contributed by atoms with Gasteiger partial charge in [-0.1, -0.05) is 48.5 Å². The largest absolute Gasteiger partial charge is 0.673 e. The van der Waals surface area contributed by atoms with Gasteiger partial charge in [-0.15, -0.1) is 0 Å². The Hall–Kier alpha value is -3.43. The van der Waals surface area contributed by atoms with Gasteiger partial charge in [-0.05, 0) is 19.9 Å². The molecule has 1 aromatic heterocycles. The van der Waals surface area contributed by atoms with E-state index in [0.29, 0.717) is 11.9 Å². The zero-order valence-electron chi connectivity index (χ0n) is 17.6. The number of carbonyl (C=O) groups is 2. The minimum atomic E-state index is -6.00. The Morgan fingerprint density at radius 1 is 0.844 bits per heavy atom. The maximum atomic E-state index is 12.8. The first-order valence-electron chi connectivity index (χ1n) is 9.86. The smallest absolute Gasteiger partial charge is 0.462 e. The van der Waals surface area contributed by atoms with E-state index in [9.17, 15) is 26.9 Å². The molecule has 3 aromatic rings. The summed E-state index contributed by atoms with van der Waals surface area (Å²) in [5.74, 6) is -1.07. The van der Waals surface area contributed by atoms with Gasteiger partial charge in [0.15, 0.2) is 12.7 Å². The van der Waals surface area contributed by atoms with Gasteiger partial charge in [-0.25, -0.2) is 9.59 Å². The second kappa shape index (κ2) is 11.3. The monoisotopic (exact) mass is 451 g/mol. The lowest BCUT2D eigenvalue weighted by Crippen LogP contribution is -2.43. The maximum absolute atomic E-state index is 12.8. The van der Waals surface area contributed by atoms with Crippen LogP contribution in [0.4, 0.5) is 17.3 Å². The number of rotatable bonds is 6. The second-order valence-electron chi connectivity index (χ2n) is 6.49.